The number of hydrogen-bond donors (Lipinski definition) is 1. The summed E-state index contributed by atoms with van der Waals surface area (Å²) >= 11 is 3.02. The maximum atomic E-state index is 12.5. The Morgan fingerprint density at radius 2 is 2.07 bits per heavy atom. The highest BCUT2D eigenvalue weighted by atomic mass is 79.9. The number of halogens is 5. The fourth-order valence-electron chi connectivity index (χ4n) is 1.48. The van der Waals surface area contributed by atoms with Crippen LogP contribution in [-0.4, -0.2) is 16.1 Å². The molecule has 0 aliphatic carbocycles. The van der Waals surface area contributed by atoms with E-state index in [0.717, 1.165) is 0 Å². The van der Waals surface area contributed by atoms with E-state index in [1.807, 2.05) is 0 Å². The summed E-state index contributed by atoms with van der Waals surface area (Å²) in [7, 11) is 0. The summed E-state index contributed by atoms with van der Waals surface area (Å²) < 4.78 is 38.9. The number of nitrogens with zero attached hydrogens (tertiary/aromatic N) is 2. The molecule has 1 aromatic rings. The molecule has 1 aliphatic heterocycles. The van der Waals surface area contributed by atoms with E-state index in [-0.39, 0.29) is 17.0 Å². The first kappa shape index (κ1) is 12.8. The number of aromatic nitrogens is 2. The van der Waals surface area contributed by atoms with Crippen molar-refractivity contribution in [2.75, 3.05) is 6.54 Å². The Labute approximate surface area is 98.6 Å². The third kappa shape index (κ3) is 2.29. The van der Waals surface area contributed by atoms with Gasteiger partial charge in [-0.1, -0.05) is 0 Å². The number of alkyl halides is 3. The third-order valence-electron chi connectivity index (χ3n) is 2.08. The van der Waals surface area contributed by atoms with Crippen molar-refractivity contribution in [3.63, 3.8) is 0 Å². The summed E-state index contributed by atoms with van der Waals surface area (Å²) in [5.41, 5.74) is 0.559. The van der Waals surface area contributed by atoms with Crippen molar-refractivity contribution in [3.05, 3.63) is 16.1 Å². The van der Waals surface area contributed by atoms with Crippen molar-refractivity contribution < 1.29 is 13.2 Å². The maximum absolute atomic E-state index is 12.5. The minimum atomic E-state index is -4.38. The van der Waals surface area contributed by atoms with Crippen molar-refractivity contribution >= 4 is 28.3 Å². The number of hydrogen-bond acceptors (Lipinski definition) is 2. The van der Waals surface area contributed by atoms with E-state index in [2.05, 4.69) is 26.2 Å². The van der Waals surface area contributed by atoms with Gasteiger partial charge in [-0.25, -0.2) is 4.98 Å². The lowest BCUT2D eigenvalue weighted by molar-refractivity contribution is -0.147. The van der Waals surface area contributed by atoms with E-state index in [1.54, 1.807) is 0 Å². The Bertz CT molecular complexity index is 363. The van der Waals surface area contributed by atoms with Crippen LogP contribution >= 0.6 is 28.3 Å². The first-order valence-electron chi connectivity index (χ1n) is 4.03. The van der Waals surface area contributed by atoms with E-state index >= 15 is 0 Å². The van der Waals surface area contributed by atoms with Gasteiger partial charge in [-0.05, 0) is 15.9 Å². The number of rotatable bonds is 0. The van der Waals surface area contributed by atoms with Gasteiger partial charge >= 0.3 is 6.18 Å². The van der Waals surface area contributed by atoms with Crippen LogP contribution < -0.4 is 5.32 Å². The lowest BCUT2D eigenvalue weighted by atomic mass is 10.3. The molecule has 86 valence electrons. The van der Waals surface area contributed by atoms with Crippen LogP contribution in [0.15, 0.2) is 4.60 Å². The molecule has 1 N–H and O–H groups in total. The molecule has 0 saturated heterocycles. The average Bonchev–Trinajstić information content (AvgIpc) is 2.44. The van der Waals surface area contributed by atoms with E-state index < -0.39 is 12.0 Å². The number of imidazole rings is 1. The second kappa shape index (κ2) is 4.31. The SMILES string of the molecule is Cl.FC(F)(F)c1nc(Br)c2n1CCNC2. The molecule has 0 radical (unpaired) electrons. The Morgan fingerprint density at radius 3 is 2.67 bits per heavy atom. The molecule has 0 unspecified atom stereocenters. The second-order valence-corrected chi connectivity index (χ2v) is 3.75. The van der Waals surface area contributed by atoms with E-state index in [0.29, 0.717) is 25.3 Å². The molecular weight excluding hydrogens is 298 g/mol. The summed E-state index contributed by atoms with van der Waals surface area (Å²) in [5.74, 6) is -0.819. The van der Waals surface area contributed by atoms with Gasteiger partial charge in [0.2, 0.25) is 5.82 Å². The fraction of sp³-hybridized carbons (Fsp3) is 0.571. The smallest absolute Gasteiger partial charge is 0.321 e. The van der Waals surface area contributed by atoms with Crippen LogP contribution in [0, 0.1) is 0 Å². The van der Waals surface area contributed by atoms with Crippen molar-refractivity contribution in [2.45, 2.75) is 19.3 Å². The first-order chi connectivity index (χ1) is 6.50. The number of fused-ring (bicyclic) bond motifs is 1. The largest absolute Gasteiger partial charge is 0.449 e. The topological polar surface area (TPSA) is 29.9 Å². The maximum Gasteiger partial charge on any atom is 0.449 e. The highest BCUT2D eigenvalue weighted by Gasteiger charge is 2.38. The van der Waals surface area contributed by atoms with E-state index in [9.17, 15) is 13.2 Å². The molecule has 0 aromatic carbocycles. The van der Waals surface area contributed by atoms with Crippen molar-refractivity contribution in [1.82, 2.24) is 14.9 Å². The summed E-state index contributed by atoms with van der Waals surface area (Å²) in [6, 6.07) is 0. The zero-order valence-electron chi connectivity index (χ0n) is 7.44. The highest BCUT2D eigenvalue weighted by molar-refractivity contribution is 9.10. The monoisotopic (exact) mass is 305 g/mol. The lowest BCUT2D eigenvalue weighted by Gasteiger charge is -2.18. The Morgan fingerprint density at radius 1 is 1.40 bits per heavy atom. The predicted molar refractivity (Wildman–Crippen MR) is 53.9 cm³/mol. The molecule has 2 heterocycles. The van der Waals surface area contributed by atoms with Crippen molar-refractivity contribution in [2.24, 2.45) is 0 Å². The third-order valence-corrected chi connectivity index (χ3v) is 2.72. The minimum Gasteiger partial charge on any atom is -0.321 e. The van der Waals surface area contributed by atoms with E-state index in [1.165, 1.54) is 4.57 Å². The minimum absolute atomic E-state index is 0. The fourth-order valence-corrected chi connectivity index (χ4v) is 2.00. The van der Waals surface area contributed by atoms with Crippen LogP contribution in [0.25, 0.3) is 0 Å². The molecule has 0 atom stereocenters. The van der Waals surface area contributed by atoms with Crippen LogP contribution in [0.1, 0.15) is 11.5 Å². The summed E-state index contributed by atoms with van der Waals surface area (Å²) in [6.45, 7) is 1.27. The van der Waals surface area contributed by atoms with Gasteiger partial charge in [0.25, 0.3) is 0 Å². The van der Waals surface area contributed by atoms with Gasteiger partial charge in [0.15, 0.2) is 0 Å². The standard InChI is InChI=1S/C7H7BrF3N3.ClH/c8-5-4-3-12-1-2-14(4)6(13-5)7(9,10)11;/h12H,1-3H2;1H. The summed E-state index contributed by atoms with van der Waals surface area (Å²) in [4.78, 5) is 3.48. The lowest BCUT2D eigenvalue weighted by Crippen LogP contribution is -2.30. The molecule has 15 heavy (non-hydrogen) atoms. The Balaban J connectivity index is 0.00000112. The van der Waals surface area contributed by atoms with Crippen LogP contribution in [0.3, 0.4) is 0 Å². The second-order valence-electron chi connectivity index (χ2n) is 3.00. The first-order valence-corrected chi connectivity index (χ1v) is 4.82. The summed E-state index contributed by atoms with van der Waals surface area (Å²) in [5, 5.41) is 2.99. The zero-order valence-corrected chi connectivity index (χ0v) is 9.84. The van der Waals surface area contributed by atoms with Gasteiger partial charge < -0.3 is 9.88 Å². The summed E-state index contributed by atoms with van der Waals surface area (Å²) in [6.07, 6.45) is -4.38. The Kier molecular flexibility index (Phi) is 3.67. The van der Waals surface area contributed by atoms with Crippen LogP contribution in [0.5, 0.6) is 0 Å². The van der Waals surface area contributed by atoms with Crippen molar-refractivity contribution in [1.29, 1.82) is 0 Å². The molecule has 2 rings (SSSR count). The van der Waals surface area contributed by atoms with Gasteiger partial charge in [-0.15, -0.1) is 12.4 Å². The van der Waals surface area contributed by atoms with Gasteiger partial charge in [-0.2, -0.15) is 13.2 Å². The molecule has 1 aromatic heterocycles. The number of nitrogens with one attached hydrogen (secondary N) is 1. The molecule has 0 spiro atoms. The Hall–Kier alpha value is -0.270. The van der Waals surface area contributed by atoms with Gasteiger partial charge in [0.1, 0.15) is 4.60 Å². The molecule has 0 saturated carbocycles. The average molecular weight is 307 g/mol. The van der Waals surface area contributed by atoms with Gasteiger partial charge in [0, 0.05) is 19.6 Å². The molecule has 3 nitrogen and oxygen atoms in total. The quantitative estimate of drug-likeness (QED) is 0.796. The molecule has 1 aliphatic rings. The van der Waals surface area contributed by atoms with Crippen LogP contribution in [-0.2, 0) is 19.3 Å². The predicted octanol–water partition coefficient (Wildman–Crippen LogP) is 2.19. The van der Waals surface area contributed by atoms with Gasteiger partial charge in [-0.3, -0.25) is 0 Å². The molecule has 0 bridgehead atoms. The van der Waals surface area contributed by atoms with Crippen molar-refractivity contribution in [3.8, 4) is 0 Å². The van der Waals surface area contributed by atoms with Gasteiger partial charge in [0.05, 0.1) is 5.69 Å². The zero-order chi connectivity index (χ0) is 10.3. The van der Waals surface area contributed by atoms with Crippen LogP contribution in [0.4, 0.5) is 13.2 Å². The normalized spacial score (nSPS) is 15.7. The molecule has 8 heteroatoms. The molecular formula is C7H8BrClF3N3. The van der Waals surface area contributed by atoms with E-state index in [4.69, 9.17) is 0 Å². The highest BCUT2D eigenvalue weighted by Crippen LogP contribution is 2.32. The molecule has 0 amide bonds. The molecule has 0 fully saturated rings. The van der Waals surface area contributed by atoms with Crippen LogP contribution in [0.2, 0.25) is 0 Å².